The number of imidazole rings is 1. The van der Waals surface area contributed by atoms with E-state index in [0.717, 1.165) is 17.0 Å². The van der Waals surface area contributed by atoms with E-state index in [1.807, 2.05) is 22.6 Å². The van der Waals surface area contributed by atoms with E-state index in [0.29, 0.717) is 39.0 Å². The van der Waals surface area contributed by atoms with Crippen LogP contribution in [0.25, 0.3) is 5.65 Å². The average molecular weight is 352 g/mol. The normalized spacial score (nSPS) is 20.8. The molecule has 5 nitrogen and oxygen atoms in total. The average Bonchev–Trinajstić information content (AvgIpc) is 3.00. The van der Waals surface area contributed by atoms with Gasteiger partial charge in [-0.1, -0.05) is 6.07 Å². The molecule has 2 aromatic heterocycles. The van der Waals surface area contributed by atoms with E-state index in [1.165, 1.54) is 0 Å². The highest BCUT2D eigenvalue weighted by molar-refractivity contribution is 5.89. The molecule has 0 amide bonds. The summed E-state index contributed by atoms with van der Waals surface area (Å²) in [6, 6.07) is 4.45. The first-order valence-corrected chi connectivity index (χ1v) is 8.45. The highest BCUT2D eigenvalue weighted by atomic mass is 19.4. The number of aromatic nitrogens is 2. The van der Waals surface area contributed by atoms with Gasteiger partial charge in [-0.3, -0.25) is 14.1 Å². The van der Waals surface area contributed by atoms with Gasteiger partial charge in [0.15, 0.2) is 0 Å². The monoisotopic (exact) mass is 352 g/mol. The Morgan fingerprint density at radius 1 is 1.20 bits per heavy atom. The first kappa shape index (κ1) is 16.5. The van der Waals surface area contributed by atoms with Crippen molar-refractivity contribution < 1.29 is 18.0 Å². The predicted molar refractivity (Wildman–Crippen MR) is 84.9 cm³/mol. The van der Waals surface area contributed by atoms with Crippen molar-refractivity contribution in [2.45, 2.75) is 38.1 Å². The molecule has 2 aromatic rings. The maximum absolute atomic E-state index is 13.3. The lowest BCUT2D eigenvalue weighted by atomic mass is 9.86. The number of rotatable bonds is 3. The number of Topliss-reactive ketones (excluding diaryl/α,β-unsaturated/α-hetero) is 1. The molecule has 8 heteroatoms. The first-order chi connectivity index (χ1) is 11.9. The van der Waals surface area contributed by atoms with Crippen molar-refractivity contribution in [2.75, 3.05) is 13.1 Å². The van der Waals surface area contributed by atoms with E-state index in [2.05, 4.69) is 10.3 Å². The largest absolute Gasteiger partial charge is 0.451 e. The van der Waals surface area contributed by atoms with Gasteiger partial charge in [0, 0.05) is 18.8 Å². The van der Waals surface area contributed by atoms with Gasteiger partial charge in [0.05, 0.1) is 17.9 Å². The number of nitrogens with zero attached hydrogens (tertiary/aromatic N) is 3. The van der Waals surface area contributed by atoms with Gasteiger partial charge >= 0.3 is 6.18 Å². The van der Waals surface area contributed by atoms with Crippen molar-refractivity contribution in [3.05, 3.63) is 35.8 Å². The number of ketones is 1. The predicted octanol–water partition coefficient (Wildman–Crippen LogP) is 2.15. The van der Waals surface area contributed by atoms with E-state index in [4.69, 9.17) is 0 Å². The molecule has 1 N–H and O–H groups in total. The third kappa shape index (κ3) is 2.93. The Bertz CT molecular complexity index is 795. The van der Waals surface area contributed by atoms with Crippen LogP contribution in [-0.2, 0) is 17.9 Å². The summed E-state index contributed by atoms with van der Waals surface area (Å²) in [4.78, 5) is 18.2. The molecule has 1 unspecified atom stereocenters. The molecular weight excluding hydrogens is 333 g/mol. The summed E-state index contributed by atoms with van der Waals surface area (Å²) >= 11 is 0. The summed E-state index contributed by atoms with van der Waals surface area (Å²) in [6.45, 7) is 1.91. The van der Waals surface area contributed by atoms with Crippen LogP contribution < -0.4 is 5.32 Å². The molecule has 0 spiro atoms. The molecule has 0 radical (unpaired) electrons. The van der Waals surface area contributed by atoms with E-state index in [9.17, 15) is 18.0 Å². The summed E-state index contributed by atoms with van der Waals surface area (Å²) in [5.74, 6) is -1.91. The maximum Gasteiger partial charge on any atom is 0.451 e. The minimum Gasteiger partial charge on any atom is -0.317 e. The number of hydrogen-bond acceptors (Lipinski definition) is 4. The van der Waals surface area contributed by atoms with Crippen LogP contribution in [0.2, 0.25) is 0 Å². The number of pyridine rings is 1. The number of alkyl halides is 3. The zero-order chi connectivity index (χ0) is 17.6. The Morgan fingerprint density at radius 3 is 2.64 bits per heavy atom. The van der Waals surface area contributed by atoms with Crippen LogP contribution >= 0.6 is 0 Å². The number of piperidine rings is 1. The second-order valence-corrected chi connectivity index (χ2v) is 6.76. The second kappa shape index (κ2) is 6.10. The smallest absolute Gasteiger partial charge is 0.317 e. The molecule has 0 aromatic carbocycles. The molecule has 0 saturated carbocycles. The summed E-state index contributed by atoms with van der Waals surface area (Å²) in [5.41, 5.74) is 2.48. The van der Waals surface area contributed by atoms with Crippen molar-refractivity contribution in [1.82, 2.24) is 19.6 Å². The molecule has 1 fully saturated rings. The van der Waals surface area contributed by atoms with Crippen LogP contribution in [0.5, 0.6) is 0 Å². The Hall–Kier alpha value is -1.93. The van der Waals surface area contributed by atoms with Gasteiger partial charge in [-0.25, -0.2) is 4.98 Å². The van der Waals surface area contributed by atoms with Gasteiger partial charge in [-0.05, 0) is 44.0 Å². The van der Waals surface area contributed by atoms with Crippen LogP contribution in [0.15, 0.2) is 24.4 Å². The SMILES string of the molecule is O=C(C(C1CCNCC1)N1Cc2cccc3ncc(n23)C1)C(F)(F)F. The van der Waals surface area contributed by atoms with E-state index in [-0.39, 0.29) is 5.92 Å². The molecule has 1 saturated heterocycles. The maximum atomic E-state index is 13.3. The topological polar surface area (TPSA) is 49.6 Å². The van der Waals surface area contributed by atoms with Crippen molar-refractivity contribution in [2.24, 2.45) is 5.92 Å². The molecule has 134 valence electrons. The number of carbonyl (C=O) groups is 1. The standard InChI is InChI=1S/C17H19F3N4O/c18-17(19,20)16(25)15(11-4-6-21-7-5-11)23-9-12-2-1-3-14-22-8-13(10-23)24(12)14/h1-3,8,11,15,21H,4-7,9-10H2. The minimum absolute atomic E-state index is 0.288. The first-order valence-electron chi connectivity index (χ1n) is 8.45. The Morgan fingerprint density at radius 2 is 1.92 bits per heavy atom. The highest BCUT2D eigenvalue weighted by Crippen LogP contribution is 2.32. The number of carbonyl (C=O) groups excluding carboxylic acids is 1. The van der Waals surface area contributed by atoms with Gasteiger partial charge in [-0.2, -0.15) is 13.2 Å². The Labute approximate surface area is 142 Å². The lowest BCUT2D eigenvalue weighted by molar-refractivity contribution is -0.180. The molecular formula is C17H19F3N4O. The fraction of sp³-hybridized carbons (Fsp3) is 0.529. The molecule has 4 rings (SSSR count). The number of nitrogens with one attached hydrogen (secondary N) is 1. The molecule has 25 heavy (non-hydrogen) atoms. The van der Waals surface area contributed by atoms with Crippen LogP contribution in [0.3, 0.4) is 0 Å². The highest BCUT2D eigenvalue weighted by Gasteiger charge is 2.49. The number of hydrogen-bond donors (Lipinski definition) is 1. The second-order valence-electron chi connectivity index (χ2n) is 6.76. The van der Waals surface area contributed by atoms with Gasteiger partial charge in [-0.15, -0.1) is 0 Å². The minimum atomic E-state index is -4.82. The molecule has 0 aliphatic carbocycles. The third-order valence-electron chi connectivity index (χ3n) is 5.19. The summed E-state index contributed by atoms with van der Waals surface area (Å²) < 4.78 is 41.8. The van der Waals surface area contributed by atoms with Crippen molar-refractivity contribution in [3.8, 4) is 0 Å². The summed E-state index contributed by atoms with van der Waals surface area (Å²) in [7, 11) is 0. The van der Waals surface area contributed by atoms with E-state index in [1.54, 1.807) is 11.1 Å². The van der Waals surface area contributed by atoms with Gasteiger partial charge in [0.25, 0.3) is 5.78 Å². The quantitative estimate of drug-likeness (QED) is 0.920. The Balaban J connectivity index is 1.69. The van der Waals surface area contributed by atoms with Crippen molar-refractivity contribution in [1.29, 1.82) is 0 Å². The fourth-order valence-electron chi connectivity index (χ4n) is 4.08. The zero-order valence-electron chi connectivity index (χ0n) is 13.6. The molecule has 1 atom stereocenters. The van der Waals surface area contributed by atoms with E-state index < -0.39 is 18.0 Å². The van der Waals surface area contributed by atoms with Crippen LogP contribution in [-0.4, -0.2) is 45.4 Å². The zero-order valence-corrected chi connectivity index (χ0v) is 13.6. The molecule has 4 heterocycles. The van der Waals surface area contributed by atoms with Gasteiger partial charge in [0.2, 0.25) is 0 Å². The molecule has 0 bridgehead atoms. The lowest BCUT2D eigenvalue weighted by Crippen LogP contribution is -2.53. The van der Waals surface area contributed by atoms with Crippen molar-refractivity contribution >= 4 is 11.4 Å². The number of halogens is 3. The van der Waals surface area contributed by atoms with Crippen LogP contribution in [0.1, 0.15) is 24.2 Å². The summed E-state index contributed by atoms with van der Waals surface area (Å²) in [6.07, 6.45) is -1.99. The lowest BCUT2D eigenvalue weighted by Gasteiger charge is -2.39. The molecule has 2 aliphatic rings. The Kier molecular flexibility index (Phi) is 4.04. The van der Waals surface area contributed by atoms with Gasteiger partial charge in [0.1, 0.15) is 5.65 Å². The summed E-state index contributed by atoms with van der Waals surface area (Å²) in [5, 5.41) is 3.15. The third-order valence-corrected chi connectivity index (χ3v) is 5.19. The van der Waals surface area contributed by atoms with Crippen molar-refractivity contribution in [3.63, 3.8) is 0 Å². The molecule has 2 aliphatic heterocycles. The van der Waals surface area contributed by atoms with E-state index >= 15 is 0 Å². The van der Waals surface area contributed by atoms with Gasteiger partial charge < -0.3 is 5.32 Å². The van der Waals surface area contributed by atoms with Crippen LogP contribution in [0, 0.1) is 5.92 Å². The van der Waals surface area contributed by atoms with Crippen LogP contribution in [0.4, 0.5) is 13.2 Å². The fourth-order valence-corrected chi connectivity index (χ4v) is 4.08.